The highest BCUT2D eigenvalue weighted by molar-refractivity contribution is 5.78. The monoisotopic (exact) mass is 325 g/mol. The zero-order chi connectivity index (χ0) is 16.7. The van der Waals surface area contributed by atoms with Crippen LogP contribution in [0.1, 0.15) is 42.7 Å². The molecule has 3 unspecified atom stereocenters. The molecule has 0 aliphatic heterocycles. The number of fused-ring (bicyclic) bond motifs is 1. The van der Waals surface area contributed by atoms with E-state index in [2.05, 4.69) is 26.8 Å². The van der Waals surface area contributed by atoms with Gasteiger partial charge in [0.15, 0.2) is 0 Å². The number of hydrogen-bond donors (Lipinski definition) is 1. The number of nitrogens with zero attached hydrogens (tertiary/aromatic N) is 3. The van der Waals surface area contributed by atoms with Crippen LogP contribution in [0.2, 0.25) is 0 Å². The fraction of sp³-hybridized carbons (Fsp3) is 0.368. The molecule has 124 valence electrons. The third kappa shape index (κ3) is 2.59. The van der Waals surface area contributed by atoms with Crippen molar-refractivity contribution in [1.82, 2.24) is 14.5 Å². The molecule has 0 amide bonds. The summed E-state index contributed by atoms with van der Waals surface area (Å²) in [5, 5.41) is 11.7. The summed E-state index contributed by atoms with van der Waals surface area (Å²) in [4.78, 5) is 8.67. The summed E-state index contributed by atoms with van der Waals surface area (Å²) in [6, 6.07) is 8.56. The highest BCUT2D eigenvalue weighted by Gasteiger charge is 2.32. The molecule has 1 fully saturated rings. The zero-order valence-corrected chi connectivity index (χ0v) is 13.6. The van der Waals surface area contributed by atoms with E-state index in [4.69, 9.17) is 0 Å². The predicted octanol–water partition coefficient (Wildman–Crippen LogP) is 3.95. The van der Waals surface area contributed by atoms with Crippen LogP contribution in [-0.2, 0) is 0 Å². The lowest BCUT2D eigenvalue weighted by molar-refractivity contribution is 0.109. The lowest BCUT2D eigenvalue weighted by Gasteiger charge is -2.19. The van der Waals surface area contributed by atoms with Crippen LogP contribution in [-0.4, -0.2) is 19.6 Å². The van der Waals surface area contributed by atoms with Gasteiger partial charge in [-0.05, 0) is 55.9 Å². The van der Waals surface area contributed by atoms with Gasteiger partial charge in [0.2, 0.25) is 0 Å². The Morgan fingerprint density at radius 2 is 1.96 bits per heavy atom. The number of halogens is 1. The molecule has 0 radical (unpaired) electrons. The number of benzene rings is 1. The van der Waals surface area contributed by atoms with E-state index in [0.717, 1.165) is 41.6 Å². The summed E-state index contributed by atoms with van der Waals surface area (Å²) in [6.07, 6.45) is 5.99. The molecule has 1 N–H and O–H groups in total. The van der Waals surface area contributed by atoms with Crippen LogP contribution in [0, 0.1) is 18.7 Å². The quantitative estimate of drug-likeness (QED) is 0.793. The summed E-state index contributed by atoms with van der Waals surface area (Å²) in [5.41, 5.74) is 2.74. The molecule has 4 rings (SSSR count). The van der Waals surface area contributed by atoms with Crippen molar-refractivity contribution in [1.29, 1.82) is 0 Å². The van der Waals surface area contributed by atoms with E-state index in [0.29, 0.717) is 6.04 Å². The van der Waals surface area contributed by atoms with Gasteiger partial charge in [0.1, 0.15) is 17.8 Å². The van der Waals surface area contributed by atoms with Gasteiger partial charge in [0.05, 0.1) is 11.8 Å². The van der Waals surface area contributed by atoms with Crippen LogP contribution in [0.15, 0.2) is 42.9 Å². The normalized spacial score (nSPS) is 22.1. The molecule has 1 aliphatic rings. The summed E-state index contributed by atoms with van der Waals surface area (Å²) in [5.74, 6) is -0.0926. The maximum absolute atomic E-state index is 13.1. The summed E-state index contributed by atoms with van der Waals surface area (Å²) >= 11 is 0. The molecular weight excluding hydrogens is 305 g/mol. The molecule has 0 bridgehead atoms. The Morgan fingerprint density at radius 3 is 2.75 bits per heavy atom. The Bertz CT molecular complexity index is 859. The van der Waals surface area contributed by atoms with Crippen molar-refractivity contribution < 1.29 is 9.50 Å². The van der Waals surface area contributed by atoms with Crippen LogP contribution in [0.4, 0.5) is 4.39 Å². The SMILES string of the molecule is Cc1ncnc2c1ccn2C1CCC(C(O)c2ccc(F)cc2)C1. The van der Waals surface area contributed by atoms with Crippen molar-refractivity contribution in [2.75, 3.05) is 0 Å². The molecule has 1 aliphatic carbocycles. The zero-order valence-electron chi connectivity index (χ0n) is 13.6. The summed E-state index contributed by atoms with van der Waals surface area (Å²) in [6.45, 7) is 1.99. The molecule has 3 atom stereocenters. The largest absolute Gasteiger partial charge is 0.388 e. The van der Waals surface area contributed by atoms with Crippen LogP contribution < -0.4 is 0 Å². The first kappa shape index (κ1) is 15.3. The Labute approximate surface area is 140 Å². The van der Waals surface area contributed by atoms with Gasteiger partial charge in [0.25, 0.3) is 0 Å². The second-order valence-corrected chi connectivity index (χ2v) is 6.64. The van der Waals surface area contributed by atoms with E-state index in [1.54, 1.807) is 18.5 Å². The van der Waals surface area contributed by atoms with Crippen molar-refractivity contribution in [2.45, 2.75) is 38.3 Å². The minimum atomic E-state index is -0.547. The minimum absolute atomic E-state index is 0.181. The average molecular weight is 325 g/mol. The molecule has 0 saturated heterocycles. The molecule has 1 aromatic carbocycles. The molecule has 2 aromatic heterocycles. The maximum Gasteiger partial charge on any atom is 0.143 e. The van der Waals surface area contributed by atoms with E-state index in [1.165, 1.54) is 12.1 Å². The third-order valence-electron chi connectivity index (χ3n) is 5.21. The second kappa shape index (κ2) is 5.98. The maximum atomic E-state index is 13.1. The van der Waals surface area contributed by atoms with Crippen molar-refractivity contribution in [2.24, 2.45) is 5.92 Å². The standard InChI is InChI=1S/C19H20FN3O/c1-12-17-8-9-23(19(17)22-11-21-12)16-7-4-14(10-16)18(24)13-2-5-15(20)6-3-13/h2-3,5-6,8-9,11,14,16,18,24H,4,7,10H2,1H3. The summed E-state index contributed by atoms with van der Waals surface area (Å²) in [7, 11) is 0. The fourth-order valence-electron chi connectivity index (χ4n) is 3.86. The van der Waals surface area contributed by atoms with E-state index < -0.39 is 6.10 Å². The van der Waals surface area contributed by atoms with Crippen molar-refractivity contribution in [3.8, 4) is 0 Å². The summed E-state index contributed by atoms with van der Waals surface area (Å²) < 4.78 is 15.3. The van der Waals surface area contributed by atoms with Crippen molar-refractivity contribution in [3.63, 3.8) is 0 Å². The van der Waals surface area contributed by atoms with Gasteiger partial charge >= 0.3 is 0 Å². The molecule has 0 spiro atoms. The molecular formula is C19H20FN3O. The predicted molar refractivity (Wildman–Crippen MR) is 90.0 cm³/mol. The Balaban J connectivity index is 1.55. The number of aryl methyl sites for hydroxylation is 1. The minimum Gasteiger partial charge on any atom is -0.388 e. The van der Waals surface area contributed by atoms with E-state index >= 15 is 0 Å². The molecule has 1 saturated carbocycles. The smallest absolute Gasteiger partial charge is 0.143 e. The highest BCUT2D eigenvalue weighted by Crippen LogP contribution is 2.42. The Morgan fingerprint density at radius 1 is 1.17 bits per heavy atom. The van der Waals surface area contributed by atoms with Gasteiger partial charge < -0.3 is 9.67 Å². The van der Waals surface area contributed by atoms with Gasteiger partial charge in [-0.1, -0.05) is 12.1 Å². The van der Waals surface area contributed by atoms with Gasteiger partial charge in [-0.2, -0.15) is 0 Å². The van der Waals surface area contributed by atoms with Crippen LogP contribution in [0.3, 0.4) is 0 Å². The third-order valence-corrected chi connectivity index (χ3v) is 5.21. The van der Waals surface area contributed by atoms with Crippen molar-refractivity contribution >= 4 is 11.0 Å². The van der Waals surface area contributed by atoms with Crippen LogP contribution >= 0.6 is 0 Å². The van der Waals surface area contributed by atoms with Crippen LogP contribution in [0.5, 0.6) is 0 Å². The Kier molecular flexibility index (Phi) is 3.81. The lowest BCUT2D eigenvalue weighted by atomic mass is 9.94. The topological polar surface area (TPSA) is 50.9 Å². The molecule has 24 heavy (non-hydrogen) atoms. The first-order valence-electron chi connectivity index (χ1n) is 8.35. The van der Waals surface area contributed by atoms with Gasteiger partial charge in [0, 0.05) is 17.6 Å². The second-order valence-electron chi connectivity index (χ2n) is 6.64. The number of rotatable bonds is 3. The average Bonchev–Trinajstić information content (AvgIpc) is 3.22. The van der Waals surface area contributed by atoms with Crippen molar-refractivity contribution in [3.05, 3.63) is 59.9 Å². The van der Waals surface area contributed by atoms with E-state index in [1.807, 2.05) is 6.92 Å². The number of hydrogen-bond acceptors (Lipinski definition) is 3. The molecule has 2 heterocycles. The molecule has 5 heteroatoms. The van der Waals surface area contributed by atoms with Gasteiger partial charge in [-0.25, -0.2) is 14.4 Å². The van der Waals surface area contributed by atoms with E-state index in [9.17, 15) is 9.50 Å². The Hall–Kier alpha value is -2.27. The number of aliphatic hydroxyl groups excluding tert-OH is 1. The van der Waals surface area contributed by atoms with Crippen LogP contribution in [0.25, 0.3) is 11.0 Å². The highest BCUT2D eigenvalue weighted by atomic mass is 19.1. The number of aliphatic hydroxyl groups is 1. The van der Waals surface area contributed by atoms with Gasteiger partial charge in [-0.15, -0.1) is 0 Å². The molecule has 3 aromatic rings. The first-order valence-corrected chi connectivity index (χ1v) is 8.35. The fourth-order valence-corrected chi connectivity index (χ4v) is 3.86. The van der Waals surface area contributed by atoms with Gasteiger partial charge in [-0.3, -0.25) is 0 Å². The number of aromatic nitrogens is 3. The van der Waals surface area contributed by atoms with E-state index in [-0.39, 0.29) is 11.7 Å². The first-order chi connectivity index (χ1) is 11.6. The lowest BCUT2D eigenvalue weighted by Crippen LogP contribution is -2.11. The molecule has 4 nitrogen and oxygen atoms in total.